The molecule has 2 aromatic carbocycles. The molecule has 1 saturated heterocycles. The number of nitrogens with two attached hydrogens (primary N) is 1. The highest BCUT2D eigenvalue weighted by molar-refractivity contribution is 7.89. The van der Waals surface area contributed by atoms with E-state index in [1.165, 1.54) is 28.6 Å². The van der Waals surface area contributed by atoms with Crippen LogP contribution in [0.3, 0.4) is 0 Å². The Bertz CT molecular complexity index is 1030. The van der Waals surface area contributed by atoms with Crippen LogP contribution >= 0.6 is 0 Å². The molecule has 0 aliphatic carbocycles. The van der Waals surface area contributed by atoms with Gasteiger partial charge in [-0.2, -0.15) is 17.5 Å². The summed E-state index contributed by atoms with van der Waals surface area (Å²) in [5.74, 6) is -2.60. The van der Waals surface area contributed by atoms with Crippen LogP contribution in [0.2, 0.25) is 0 Å². The van der Waals surface area contributed by atoms with Crippen LogP contribution in [-0.2, 0) is 21.0 Å². The summed E-state index contributed by atoms with van der Waals surface area (Å²) in [6.07, 6.45) is -3.41. The summed E-state index contributed by atoms with van der Waals surface area (Å²) in [7, 11) is -3.56. The molecule has 31 heavy (non-hydrogen) atoms. The minimum atomic E-state index is -4.54. The van der Waals surface area contributed by atoms with Gasteiger partial charge in [0, 0.05) is 13.1 Å². The van der Waals surface area contributed by atoms with Crippen molar-refractivity contribution in [3.05, 3.63) is 65.7 Å². The number of nitrogens with zero attached hydrogens (tertiary/aromatic N) is 1. The molecule has 1 fully saturated rings. The minimum Gasteiger partial charge on any atom is -0.481 e. The van der Waals surface area contributed by atoms with E-state index >= 15 is 0 Å². The highest BCUT2D eigenvalue weighted by Crippen LogP contribution is 2.31. The summed E-state index contributed by atoms with van der Waals surface area (Å²) in [5, 5.41) is 8.97. The summed E-state index contributed by atoms with van der Waals surface area (Å²) in [4.78, 5) is 21.8. The van der Waals surface area contributed by atoms with Gasteiger partial charge >= 0.3 is 12.1 Å². The number of halogens is 3. The molecule has 0 radical (unpaired) electrons. The van der Waals surface area contributed by atoms with Crippen molar-refractivity contribution < 1.29 is 36.3 Å². The Labute approximate surface area is 177 Å². The number of carboxylic acid groups (broad SMARTS) is 1. The van der Waals surface area contributed by atoms with Gasteiger partial charge in [0.05, 0.1) is 21.9 Å². The molecule has 168 valence electrons. The standard InChI is InChI=1S/C12H15NO4S.C8H6F3NO/c14-12(15)10-5-4-8-13(9-10)18(16,17)11-6-2-1-3-7-11;9-8(10,11)6-4-2-1-3-5(6)7(12)13/h1-3,6-7,10H,4-5,8-9H2,(H,14,15);1-4H,(H2,12,13). The highest BCUT2D eigenvalue weighted by Gasteiger charge is 2.34. The topological polar surface area (TPSA) is 118 Å². The second-order valence-electron chi connectivity index (χ2n) is 6.76. The van der Waals surface area contributed by atoms with Crippen molar-refractivity contribution in [3.8, 4) is 0 Å². The van der Waals surface area contributed by atoms with E-state index in [1.54, 1.807) is 18.2 Å². The molecule has 0 bridgehead atoms. The lowest BCUT2D eigenvalue weighted by molar-refractivity contribution is -0.143. The fourth-order valence-corrected chi connectivity index (χ4v) is 4.59. The van der Waals surface area contributed by atoms with E-state index in [0.717, 1.165) is 12.1 Å². The summed E-state index contributed by atoms with van der Waals surface area (Å²) in [6, 6.07) is 12.5. The largest absolute Gasteiger partial charge is 0.481 e. The molecule has 3 rings (SSSR count). The minimum absolute atomic E-state index is 0.0621. The Balaban J connectivity index is 0.000000233. The number of carbonyl (C=O) groups excluding carboxylic acids is 1. The number of aliphatic carboxylic acids is 1. The Kier molecular flexibility index (Phi) is 7.80. The smallest absolute Gasteiger partial charge is 0.417 e. The normalized spacial score (nSPS) is 17.3. The summed E-state index contributed by atoms with van der Waals surface area (Å²) >= 11 is 0. The van der Waals surface area contributed by atoms with Crippen molar-refractivity contribution in [3.63, 3.8) is 0 Å². The molecule has 1 amide bonds. The molecule has 0 saturated carbocycles. The molecule has 1 aliphatic heterocycles. The van der Waals surface area contributed by atoms with Gasteiger partial charge in [0.15, 0.2) is 0 Å². The predicted molar refractivity (Wildman–Crippen MR) is 106 cm³/mol. The second kappa shape index (κ2) is 9.92. The number of benzene rings is 2. The third-order valence-electron chi connectivity index (χ3n) is 4.61. The van der Waals surface area contributed by atoms with Gasteiger partial charge in [0.1, 0.15) is 0 Å². The number of hydrogen-bond acceptors (Lipinski definition) is 4. The molecule has 1 unspecified atom stereocenters. The van der Waals surface area contributed by atoms with Gasteiger partial charge in [-0.05, 0) is 37.1 Å². The average molecular weight is 458 g/mol. The van der Waals surface area contributed by atoms with Crippen LogP contribution < -0.4 is 5.73 Å². The number of rotatable bonds is 4. The number of hydrogen-bond donors (Lipinski definition) is 2. The lowest BCUT2D eigenvalue weighted by Gasteiger charge is -2.29. The molecule has 1 atom stereocenters. The van der Waals surface area contributed by atoms with Crippen LogP contribution in [0.1, 0.15) is 28.8 Å². The van der Waals surface area contributed by atoms with Crippen molar-refractivity contribution >= 4 is 21.9 Å². The van der Waals surface area contributed by atoms with E-state index < -0.39 is 45.1 Å². The first-order valence-electron chi connectivity index (χ1n) is 9.18. The maximum atomic E-state index is 12.3. The van der Waals surface area contributed by atoms with E-state index in [-0.39, 0.29) is 11.4 Å². The van der Waals surface area contributed by atoms with Crippen LogP contribution in [0.25, 0.3) is 0 Å². The zero-order valence-electron chi connectivity index (χ0n) is 16.2. The maximum absolute atomic E-state index is 12.3. The Hall–Kier alpha value is -2.92. The Morgan fingerprint density at radius 1 is 1.03 bits per heavy atom. The van der Waals surface area contributed by atoms with Gasteiger partial charge in [-0.25, -0.2) is 8.42 Å². The molecule has 2 aromatic rings. The zero-order valence-corrected chi connectivity index (χ0v) is 17.1. The number of piperidine rings is 1. The van der Waals surface area contributed by atoms with Crippen molar-refractivity contribution in [2.24, 2.45) is 11.7 Å². The second-order valence-corrected chi connectivity index (χ2v) is 8.70. The summed E-state index contributed by atoms with van der Waals surface area (Å²) in [5.41, 5.74) is 3.27. The number of carbonyl (C=O) groups is 2. The first-order valence-corrected chi connectivity index (χ1v) is 10.6. The molecule has 0 spiro atoms. The number of carboxylic acids is 1. The Morgan fingerprint density at radius 3 is 2.13 bits per heavy atom. The summed E-state index contributed by atoms with van der Waals surface area (Å²) in [6.45, 7) is 0.452. The lowest BCUT2D eigenvalue weighted by atomic mass is 10.0. The third kappa shape index (κ3) is 6.28. The molecule has 11 heteroatoms. The van der Waals surface area contributed by atoms with Gasteiger partial charge in [-0.15, -0.1) is 0 Å². The molecule has 1 aliphatic rings. The van der Waals surface area contributed by atoms with Gasteiger partial charge in [0.25, 0.3) is 0 Å². The highest BCUT2D eigenvalue weighted by atomic mass is 32.2. The molecular formula is C20H21F3N2O5S. The summed E-state index contributed by atoms with van der Waals surface area (Å²) < 4.78 is 62.4. The Morgan fingerprint density at radius 2 is 1.61 bits per heavy atom. The van der Waals surface area contributed by atoms with Gasteiger partial charge < -0.3 is 10.8 Å². The van der Waals surface area contributed by atoms with Crippen molar-refractivity contribution in [2.45, 2.75) is 23.9 Å². The van der Waals surface area contributed by atoms with Crippen molar-refractivity contribution in [1.82, 2.24) is 4.31 Å². The van der Waals surface area contributed by atoms with Crippen molar-refractivity contribution in [1.29, 1.82) is 0 Å². The van der Waals surface area contributed by atoms with Crippen LogP contribution in [-0.4, -0.2) is 42.8 Å². The van der Waals surface area contributed by atoms with Crippen LogP contribution in [0.4, 0.5) is 13.2 Å². The van der Waals surface area contributed by atoms with Gasteiger partial charge in [-0.3, -0.25) is 9.59 Å². The molecule has 3 N–H and O–H groups in total. The number of alkyl halides is 3. The first kappa shape index (κ1) is 24.4. The molecule has 1 heterocycles. The number of primary amides is 1. The quantitative estimate of drug-likeness (QED) is 0.730. The van der Waals surface area contributed by atoms with Crippen LogP contribution in [0, 0.1) is 5.92 Å². The van der Waals surface area contributed by atoms with E-state index in [1.807, 2.05) is 0 Å². The maximum Gasteiger partial charge on any atom is 0.417 e. The van der Waals surface area contributed by atoms with Gasteiger partial charge in [0.2, 0.25) is 15.9 Å². The van der Waals surface area contributed by atoms with Crippen molar-refractivity contribution in [2.75, 3.05) is 13.1 Å². The van der Waals surface area contributed by atoms with E-state index in [0.29, 0.717) is 19.4 Å². The molecular weight excluding hydrogens is 437 g/mol. The SMILES string of the molecule is NC(=O)c1ccccc1C(F)(F)F.O=C(O)C1CCCN(S(=O)(=O)c2ccccc2)C1. The monoisotopic (exact) mass is 458 g/mol. The average Bonchev–Trinajstić information content (AvgIpc) is 2.74. The zero-order chi connectivity index (χ0) is 23.2. The predicted octanol–water partition coefficient (Wildman–Crippen LogP) is 2.98. The molecule has 0 aromatic heterocycles. The van der Waals surface area contributed by atoms with Crippen LogP contribution in [0.15, 0.2) is 59.5 Å². The van der Waals surface area contributed by atoms with E-state index in [4.69, 9.17) is 10.8 Å². The van der Waals surface area contributed by atoms with E-state index in [2.05, 4.69) is 0 Å². The fraction of sp³-hybridized carbons (Fsp3) is 0.300. The fourth-order valence-electron chi connectivity index (χ4n) is 3.05. The van der Waals surface area contributed by atoms with E-state index in [9.17, 15) is 31.2 Å². The first-order chi connectivity index (χ1) is 14.4. The number of amides is 1. The third-order valence-corrected chi connectivity index (χ3v) is 6.49. The lowest BCUT2D eigenvalue weighted by Crippen LogP contribution is -2.42. The molecule has 7 nitrogen and oxygen atoms in total. The van der Waals surface area contributed by atoms with Gasteiger partial charge in [-0.1, -0.05) is 30.3 Å². The number of sulfonamides is 1. The van der Waals surface area contributed by atoms with Crippen LogP contribution in [0.5, 0.6) is 0 Å².